The highest BCUT2D eigenvalue weighted by molar-refractivity contribution is 6.07. The normalized spacial score (nSPS) is 18.3. The molecule has 0 saturated carbocycles. The summed E-state index contributed by atoms with van der Waals surface area (Å²) in [4.78, 5) is 33.0. The van der Waals surface area contributed by atoms with E-state index in [9.17, 15) is 9.59 Å². The lowest BCUT2D eigenvalue weighted by Gasteiger charge is -2.34. The molecule has 2 heterocycles. The van der Waals surface area contributed by atoms with Crippen molar-refractivity contribution in [1.82, 2.24) is 9.80 Å². The molecule has 5 heteroatoms. The van der Waals surface area contributed by atoms with Gasteiger partial charge in [-0.2, -0.15) is 0 Å². The zero-order chi connectivity index (χ0) is 23.5. The molecule has 0 bridgehead atoms. The first-order valence-corrected chi connectivity index (χ1v) is 12.5. The van der Waals surface area contributed by atoms with E-state index in [2.05, 4.69) is 29.2 Å². The van der Waals surface area contributed by atoms with Crippen molar-refractivity contribution in [2.45, 2.75) is 32.2 Å². The largest absolute Gasteiger partial charge is 0.371 e. The minimum atomic E-state index is -0.156. The molecule has 2 amide bonds. The summed E-state index contributed by atoms with van der Waals surface area (Å²) in [7, 11) is 1.90. The van der Waals surface area contributed by atoms with Gasteiger partial charge in [0.15, 0.2) is 0 Å². The van der Waals surface area contributed by atoms with Gasteiger partial charge in [-0.15, -0.1) is 0 Å². The lowest BCUT2D eigenvalue weighted by Crippen LogP contribution is -2.45. The Kier molecular flexibility index (Phi) is 6.52. The van der Waals surface area contributed by atoms with Crippen LogP contribution in [0.2, 0.25) is 0 Å². The Morgan fingerprint density at radius 1 is 0.882 bits per heavy atom. The molecule has 3 aromatic carbocycles. The Morgan fingerprint density at radius 2 is 1.62 bits per heavy atom. The Hall–Kier alpha value is -3.34. The highest BCUT2D eigenvalue weighted by atomic mass is 16.2. The number of fused-ring (bicyclic) bond motifs is 1. The molecule has 176 valence electrons. The number of amides is 2. The van der Waals surface area contributed by atoms with Crippen molar-refractivity contribution in [1.29, 1.82) is 0 Å². The number of likely N-dealkylation sites (tertiary alicyclic amines) is 1. The smallest absolute Gasteiger partial charge is 0.254 e. The molecule has 5 nitrogen and oxygen atoms in total. The first kappa shape index (κ1) is 22.5. The van der Waals surface area contributed by atoms with Gasteiger partial charge >= 0.3 is 0 Å². The molecule has 0 unspecified atom stereocenters. The third-order valence-corrected chi connectivity index (χ3v) is 7.30. The van der Waals surface area contributed by atoms with Crippen molar-refractivity contribution in [2.75, 3.05) is 38.1 Å². The number of anilines is 1. The van der Waals surface area contributed by atoms with Crippen molar-refractivity contribution in [3.8, 4) is 0 Å². The molecule has 0 N–H and O–H groups in total. The van der Waals surface area contributed by atoms with Gasteiger partial charge in [0.2, 0.25) is 5.91 Å². The number of carbonyl (C=O) groups excluding carboxylic acids is 2. The zero-order valence-corrected chi connectivity index (χ0v) is 20.0. The fraction of sp³-hybridized carbons (Fsp3) is 0.379. The minimum Gasteiger partial charge on any atom is -0.371 e. The molecule has 2 fully saturated rings. The second-order valence-electron chi connectivity index (χ2n) is 9.63. The fourth-order valence-corrected chi connectivity index (χ4v) is 5.50. The zero-order valence-electron chi connectivity index (χ0n) is 20.0. The number of benzene rings is 3. The first-order chi connectivity index (χ1) is 16.6. The Bertz CT molecular complexity index is 1180. The summed E-state index contributed by atoms with van der Waals surface area (Å²) in [5, 5.41) is 2.04. The second kappa shape index (κ2) is 9.88. The average Bonchev–Trinajstić information content (AvgIpc) is 3.43. The van der Waals surface area contributed by atoms with E-state index in [1.807, 2.05) is 59.3 Å². The van der Waals surface area contributed by atoms with Crippen molar-refractivity contribution >= 4 is 28.3 Å². The summed E-state index contributed by atoms with van der Waals surface area (Å²) >= 11 is 0. The van der Waals surface area contributed by atoms with E-state index in [0.717, 1.165) is 42.3 Å². The number of hydrogen-bond donors (Lipinski definition) is 0. The molecule has 1 atom stereocenters. The van der Waals surface area contributed by atoms with E-state index >= 15 is 0 Å². The van der Waals surface area contributed by atoms with E-state index in [0.29, 0.717) is 19.6 Å². The van der Waals surface area contributed by atoms with Gasteiger partial charge in [-0.1, -0.05) is 54.6 Å². The van der Waals surface area contributed by atoms with Crippen molar-refractivity contribution in [3.63, 3.8) is 0 Å². The number of para-hydroxylation sites is 1. The van der Waals surface area contributed by atoms with Gasteiger partial charge < -0.3 is 14.7 Å². The third-order valence-electron chi connectivity index (χ3n) is 7.30. The van der Waals surface area contributed by atoms with Crippen LogP contribution in [-0.2, 0) is 11.3 Å². The third kappa shape index (κ3) is 4.52. The predicted octanol–water partition coefficient (Wildman–Crippen LogP) is 4.95. The monoisotopic (exact) mass is 455 g/mol. The van der Waals surface area contributed by atoms with Crippen LogP contribution in [0.4, 0.5) is 5.69 Å². The summed E-state index contributed by atoms with van der Waals surface area (Å²) < 4.78 is 0. The summed E-state index contributed by atoms with van der Waals surface area (Å²) in [6.45, 7) is 3.96. The molecule has 0 spiro atoms. The Labute approximate surface area is 202 Å². The summed E-state index contributed by atoms with van der Waals surface area (Å²) in [6, 6.07) is 22.3. The van der Waals surface area contributed by atoms with Gasteiger partial charge in [0.25, 0.3) is 5.91 Å². The van der Waals surface area contributed by atoms with Crippen molar-refractivity contribution < 1.29 is 9.59 Å². The summed E-state index contributed by atoms with van der Waals surface area (Å²) in [5.41, 5.74) is 3.16. The van der Waals surface area contributed by atoms with Gasteiger partial charge in [-0.05, 0) is 54.2 Å². The van der Waals surface area contributed by atoms with Gasteiger partial charge in [0.1, 0.15) is 0 Å². The van der Waals surface area contributed by atoms with Crippen LogP contribution in [0.15, 0.2) is 66.7 Å². The highest BCUT2D eigenvalue weighted by Crippen LogP contribution is 2.28. The number of rotatable bonds is 5. The van der Waals surface area contributed by atoms with E-state index in [1.165, 1.54) is 24.1 Å². The average molecular weight is 456 g/mol. The molecule has 2 saturated heterocycles. The SMILES string of the molecule is CN(Cc1ccccc1N1CCCC1)C(=O)[C@H]1CCCN(C(=O)c2cccc3ccccc23)C1. The Morgan fingerprint density at radius 3 is 2.47 bits per heavy atom. The lowest BCUT2D eigenvalue weighted by molar-refractivity contribution is -0.136. The molecular formula is C29H33N3O2. The standard InChI is InChI=1S/C29H33N3O2/c1-30(20-23-11-3-5-16-27(23)31-17-6-7-18-31)28(33)24-13-9-19-32(21-24)29(34)26-15-8-12-22-10-2-4-14-25(22)26/h2-5,8,10-12,14-16,24H,6-7,9,13,17-21H2,1H3/t24-/m0/s1. The lowest BCUT2D eigenvalue weighted by atomic mass is 9.95. The predicted molar refractivity (Wildman–Crippen MR) is 137 cm³/mol. The van der Waals surface area contributed by atoms with Crippen molar-refractivity contribution in [3.05, 3.63) is 77.9 Å². The molecule has 2 aliphatic rings. The molecule has 34 heavy (non-hydrogen) atoms. The van der Waals surface area contributed by atoms with Crippen LogP contribution in [0, 0.1) is 5.92 Å². The molecule has 0 aliphatic carbocycles. The maximum atomic E-state index is 13.4. The first-order valence-electron chi connectivity index (χ1n) is 12.5. The van der Waals surface area contributed by atoms with Gasteiger partial charge in [0, 0.05) is 51.0 Å². The van der Waals surface area contributed by atoms with Gasteiger partial charge in [-0.25, -0.2) is 0 Å². The molecule has 0 radical (unpaired) electrons. The van der Waals surface area contributed by atoms with E-state index in [1.54, 1.807) is 0 Å². The minimum absolute atomic E-state index is 0.0244. The van der Waals surface area contributed by atoms with Crippen LogP contribution in [0.3, 0.4) is 0 Å². The summed E-state index contributed by atoms with van der Waals surface area (Å²) in [6.07, 6.45) is 4.14. The molecule has 0 aromatic heterocycles. The molecular weight excluding hydrogens is 422 g/mol. The number of piperidine rings is 1. The quantitative estimate of drug-likeness (QED) is 0.547. The number of hydrogen-bond acceptors (Lipinski definition) is 3. The topological polar surface area (TPSA) is 43.9 Å². The Balaban J connectivity index is 1.28. The van der Waals surface area contributed by atoms with Crippen LogP contribution in [0.1, 0.15) is 41.6 Å². The maximum absolute atomic E-state index is 13.4. The molecule has 2 aliphatic heterocycles. The van der Waals surface area contributed by atoms with Crippen LogP contribution < -0.4 is 4.90 Å². The molecule has 3 aromatic rings. The van der Waals surface area contributed by atoms with Gasteiger partial charge in [-0.3, -0.25) is 9.59 Å². The van der Waals surface area contributed by atoms with Crippen LogP contribution >= 0.6 is 0 Å². The van der Waals surface area contributed by atoms with Gasteiger partial charge in [0.05, 0.1) is 5.92 Å². The van der Waals surface area contributed by atoms with E-state index in [4.69, 9.17) is 0 Å². The van der Waals surface area contributed by atoms with Crippen LogP contribution in [0.25, 0.3) is 10.8 Å². The summed E-state index contributed by atoms with van der Waals surface area (Å²) in [5.74, 6) is -0.000368. The maximum Gasteiger partial charge on any atom is 0.254 e. The van der Waals surface area contributed by atoms with Crippen molar-refractivity contribution in [2.24, 2.45) is 5.92 Å². The molecule has 5 rings (SSSR count). The number of carbonyl (C=O) groups is 2. The highest BCUT2D eigenvalue weighted by Gasteiger charge is 2.31. The van der Waals surface area contributed by atoms with Crippen LogP contribution in [0.5, 0.6) is 0 Å². The van der Waals surface area contributed by atoms with E-state index < -0.39 is 0 Å². The number of nitrogens with zero attached hydrogens (tertiary/aromatic N) is 3. The second-order valence-corrected chi connectivity index (χ2v) is 9.63. The fourth-order valence-electron chi connectivity index (χ4n) is 5.50. The van der Waals surface area contributed by atoms with Crippen LogP contribution in [-0.4, -0.2) is 54.8 Å². The van der Waals surface area contributed by atoms with E-state index in [-0.39, 0.29) is 17.7 Å².